The Balaban J connectivity index is -0.000000638. The van der Waals surface area contributed by atoms with Gasteiger partial charge in [-0.25, -0.2) is 0 Å². The molecule has 1 aromatic carbocycles. The maximum Gasteiger partial charge on any atom is 0.324 e. The molecule has 3 N–H and O–H groups in total. The second kappa shape index (κ2) is 18.3. The fourth-order valence-electron chi connectivity index (χ4n) is 2.42. The molecule has 0 heterocycles. The summed E-state index contributed by atoms with van der Waals surface area (Å²) in [5, 5.41) is 3.05. The number of nitrogens with two attached hydrogens (primary N) is 1. The third-order valence-corrected chi connectivity index (χ3v) is 4.01. The number of carbonyl (C=O) groups excluding carboxylic acids is 4. The first-order valence-corrected chi connectivity index (χ1v) is 11.2. The third kappa shape index (κ3) is 19.9. The summed E-state index contributed by atoms with van der Waals surface area (Å²) in [4.78, 5) is 45.6. The first-order chi connectivity index (χ1) is 16.1. The van der Waals surface area contributed by atoms with Gasteiger partial charge in [-0.2, -0.15) is 0 Å². The Morgan fingerprint density at radius 3 is 1.68 bits per heavy atom. The number of hydrogen-bond acceptors (Lipinski definition) is 10. The lowest BCUT2D eigenvalue weighted by Gasteiger charge is -2.24. The number of methoxy groups -OCH3 is 2. The lowest BCUT2D eigenvalue weighted by Crippen LogP contribution is -2.42. The average Bonchev–Trinajstić information content (AvgIpc) is 2.74. The Hall–Kier alpha value is -2.92. The van der Waals surface area contributed by atoms with E-state index in [1.54, 1.807) is 41.5 Å². The highest BCUT2D eigenvalue weighted by Gasteiger charge is 2.27. The van der Waals surface area contributed by atoms with Crippen molar-refractivity contribution in [2.75, 3.05) is 14.2 Å². The Morgan fingerprint density at radius 2 is 1.24 bits per heavy atom. The van der Waals surface area contributed by atoms with Crippen LogP contribution in [0.25, 0.3) is 0 Å². The second-order valence-electron chi connectivity index (χ2n) is 9.65. The van der Waals surface area contributed by atoms with E-state index in [1.165, 1.54) is 14.2 Å². The van der Waals surface area contributed by atoms with Gasteiger partial charge in [-0.15, -0.1) is 0 Å². The molecule has 0 aliphatic heterocycles. The molecule has 0 unspecified atom stereocenters. The summed E-state index contributed by atoms with van der Waals surface area (Å²) in [6.07, 6.45) is -0.219. The van der Waals surface area contributed by atoms with Gasteiger partial charge in [-0.3, -0.25) is 24.5 Å². The van der Waals surface area contributed by atoms with Crippen molar-refractivity contribution in [1.29, 1.82) is 0 Å². The van der Waals surface area contributed by atoms with Crippen LogP contribution in [0, 0.1) is 0 Å². The van der Waals surface area contributed by atoms with Crippen LogP contribution in [0.1, 0.15) is 67.4 Å². The zero-order valence-corrected chi connectivity index (χ0v) is 22.6. The normalized spacial score (nSPS) is 12.1. The highest BCUT2D eigenvalue weighted by atomic mass is 16.6. The van der Waals surface area contributed by atoms with Gasteiger partial charge in [0, 0.05) is 15.0 Å². The maximum atomic E-state index is 12.1. The molecule has 3 radical (unpaired) electrons. The van der Waals surface area contributed by atoms with E-state index < -0.39 is 47.2 Å². The van der Waals surface area contributed by atoms with E-state index in [0.717, 1.165) is 5.56 Å². The van der Waals surface area contributed by atoms with Gasteiger partial charge in [0.15, 0.2) is 0 Å². The molecule has 1 rings (SSSR count). The molecule has 10 nitrogen and oxygen atoms in total. The van der Waals surface area contributed by atoms with Crippen LogP contribution in [-0.2, 0) is 44.7 Å². The number of hydrogen-bond donors (Lipinski definition) is 2. The zero-order chi connectivity index (χ0) is 27.2. The smallest absolute Gasteiger partial charge is 0.324 e. The predicted octanol–water partition coefficient (Wildman–Crippen LogP) is 2.52. The first kappa shape index (κ1) is 38.6. The largest absolute Gasteiger partial charge is 0.469 e. The van der Waals surface area contributed by atoms with Crippen LogP contribution in [0.15, 0.2) is 30.3 Å². The van der Waals surface area contributed by atoms with Crippen LogP contribution >= 0.6 is 0 Å². The highest BCUT2D eigenvalue weighted by Crippen LogP contribution is 2.11. The van der Waals surface area contributed by atoms with Crippen LogP contribution in [0.4, 0.5) is 0 Å². The highest BCUT2D eigenvalue weighted by molar-refractivity contribution is 5.83. The van der Waals surface area contributed by atoms with Crippen LogP contribution in [0.3, 0.4) is 0 Å². The van der Waals surface area contributed by atoms with Crippen molar-refractivity contribution >= 4 is 32.3 Å². The number of benzene rings is 1. The standard InChI is InChI=1S/C16H23NO4.C9H17NO4.CH4.B/c1-16(2,3)21-15(19)13(10-14(18)20-4)17-11-12-8-6-5-7-9-12;1-9(2,3)14-8(12)6(10)5-7(11)13-4;;/h5-9,13,17H,10-11H2,1-4H3;6H,5,10H2,1-4H3;1H4;/t13-;6-;;/m00../s1. The molecule has 0 saturated carbocycles. The SMILES string of the molecule is C.COC(=O)C[C@H](N)C(=O)OC(C)(C)C.COC(=O)C[C@H](NCc1ccccc1)C(=O)OC(C)(C)C.[B]. The Labute approximate surface area is 223 Å². The molecular weight excluding hydrogens is 479 g/mol. The van der Waals surface area contributed by atoms with E-state index in [-0.39, 0.29) is 28.7 Å². The number of ether oxygens (including phenoxy) is 4. The van der Waals surface area contributed by atoms with Gasteiger partial charge in [0.2, 0.25) is 0 Å². The lowest BCUT2D eigenvalue weighted by molar-refractivity contribution is -0.160. The van der Waals surface area contributed by atoms with Gasteiger partial charge in [0.05, 0.1) is 27.1 Å². The quantitative estimate of drug-likeness (QED) is 0.282. The molecule has 0 aliphatic rings. The second-order valence-corrected chi connectivity index (χ2v) is 9.65. The summed E-state index contributed by atoms with van der Waals surface area (Å²) in [6.45, 7) is 11.0. The number of carbonyl (C=O) groups is 4. The van der Waals surface area contributed by atoms with Crippen molar-refractivity contribution in [1.82, 2.24) is 5.32 Å². The number of rotatable bonds is 9. The summed E-state index contributed by atoms with van der Waals surface area (Å²) in [7, 11) is 2.54. The third-order valence-electron chi connectivity index (χ3n) is 4.01. The van der Waals surface area contributed by atoms with Gasteiger partial charge in [0.25, 0.3) is 0 Å². The minimum absolute atomic E-state index is 0. The van der Waals surface area contributed by atoms with Gasteiger partial charge in [0.1, 0.15) is 23.3 Å². The van der Waals surface area contributed by atoms with E-state index in [4.69, 9.17) is 15.2 Å². The molecule has 0 fully saturated rings. The fraction of sp³-hybridized carbons (Fsp3) is 0.615. The van der Waals surface area contributed by atoms with Crippen molar-refractivity contribution in [3.63, 3.8) is 0 Å². The molecule has 0 spiro atoms. The van der Waals surface area contributed by atoms with Crippen molar-refractivity contribution in [2.45, 2.75) is 91.6 Å². The fourth-order valence-corrected chi connectivity index (χ4v) is 2.42. The molecule has 0 amide bonds. The monoisotopic (exact) mass is 523 g/mol. The molecule has 0 aliphatic carbocycles. The van der Waals surface area contributed by atoms with Gasteiger partial charge in [-0.1, -0.05) is 37.8 Å². The van der Waals surface area contributed by atoms with Crippen molar-refractivity contribution < 1.29 is 38.1 Å². The van der Waals surface area contributed by atoms with E-state index in [1.807, 2.05) is 30.3 Å². The molecule has 0 bridgehead atoms. The summed E-state index contributed by atoms with van der Waals surface area (Å²) in [6, 6.07) is 7.95. The number of esters is 4. The topological polar surface area (TPSA) is 143 Å². The van der Waals surface area contributed by atoms with Gasteiger partial charge in [-0.05, 0) is 47.1 Å². The molecular formula is C26H44BN2O8. The molecule has 209 valence electrons. The lowest BCUT2D eigenvalue weighted by atomic mass is 10.1. The molecule has 0 saturated heterocycles. The van der Waals surface area contributed by atoms with E-state index in [0.29, 0.717) is 6.54 Å². The molecule has 11 heteroatoms. The average molecular weight is 523 g/mol. The van der Waals surface area contributed by atoms with Crippen molar-refractivity contribution in [3.8, 4) is 0 Å². The number of nitrogens with one attached hydrogen (secondary N) is 1. The van der Waals surface area contributed by atoms with Crippen molar-refractivity contribution in [2.24, 2.45) is 5.73 Å². The van der Waals surface area contributed by atoms with E-state index >= 15 is 0 Å². The van der Waals surface area contributed by atoms with Crippen LogP contribution in [0.2, 0.25) is 0 Å². The van der Waals surface area contributed by atoms with Crippen molar-refractivity contribution in [3.05, 3.63) is 35.9 Å². The van der Waals surface area contributed by atoms with Crippen LogP contribution < -0.4 is 11.1 Å². The van der Waals surface area contributed by atoms with Gasteiger partial charge < -0.3 is 24.7 Å². The minimum Gasteiger partial charge on any atom is -0.469 e. The summed E-state index contributed by atoms with van der Waals surface area (Å²) in [5.74, 6) is -2.03. The zero-order valence-electron chi connectivity index (χ0n) is 22.6. The van der Waals surface area contributed by atoms with E-state index in [9.17, 15) is 19.2 Å². The summed E-state index contributed by atoms with van der Waals surface area (Å²) < 4.78 is 19.3. The molecule has 37 heavy (non-hydrogen) atoms. The Bertz CT molecular complexity index is 820. The van der Waals surface area contributed by atoms with Crippen LogP contribution in [-0.4, -0.2) is 69.8 Å². The molecule has 1 aromatic rings. The summed E-state index contributed by atoms with van der Waals surface area (Å²) in [5.41, 5.74) is 5.26. The van der Waals surface area contributed by atoms with Gasteiger partial charge >= 0.3 is 23.9 Å². The minimum atomic E-state index is -0.957. The van der Waals surface area contributed by atoms with E-state index in [2.05, 4.69) is 14.8 Å². The summed E-state index contributed by atoms with van der Waals surface area (Å²) >= 11 is 0. The predicted molar refractivity (Wildman–Crippen MR) is 142 cm³/mol. The van der Waals surface area contributed by atoms with Crippen LogP contribution in [0.5, 0.6) is 0 Å². The first-order valence-electron chi connectivity index (χ1n) is 11.2. The maximum absolute atomic E-state index is 12.1. The molecule has 0 aromatic heterocycles. The Morgan fingerprint density at radius 1 is 0.811 bits per heavy atom. The Kier molecular flexibility index (Phi) is 19.1. The molecule has 2 atom stereocenters.